The van der Waals surface area contributed by atoms with Gasteiger partial charge in [-0.1, -0.05) is 24.6 Å². The Morgan fingerprint density at radius 3 is 2.87 bits per heavy atom. The topological polar surface area (TPSA) is 75.3 Å². The van der Waals surface area contributed by atoms with Crippen LogP contribution in [0.25, 0.3) is 10.9 Å². The summed E-state index contributed by atoms with van der Waals surface area (Å²) in [6.45, 7) is 5.26. The summed E-state index contributed by atoms with van der Waals surface area (Å²) in [6, 6.07) is 9.94. The maximum absolute atomic E-state index is 13.1. The molecule has 3 aromatic rings. The Hall–Kier alpha value is -2.22. The molecule has 0 bridgehead atoms. The van der Waals surface area contributed by atoms with Crippen LogP contribution in [0, 0.1) is 0 Å². The summed E-state index contributed by atoms with van der Waals surface area (Å²) in [4.78, 5) is 27.1. The van der Waals surface area contributed by atoms with Gasteiger partial charge in [0.1, 0.15) is 12.1 Å². The summed E-state index contributed by atoms with van der Waals surface area (Å²) in [5.74, 6) is 0.692. The number of halogens is 1. The SMILES string of the molecule is CC[C@H]1C(=O)N(Cc2ccc3c(N)ncnc3c2)CCN1CCCc1ccc(Cl)s1. The molecule has 4 rings (SSSR count). The van der Waals surface area contributed by atoms with Crippen LogP contribution in [0.3, 0.4) is 0 Å². The van der Waals surface area contributed by atoms with Crippen molar-refractivity contribution < 1.29 is 4.79 Å². The molecule has 30 heavy (non-hydrogen) atoms. The maximum atomic E-state index is 13.1. The molecule has 1 aliphatic rings. The zero-order valence-corrected chi connectivity index (χ0v) is 18.6. The smallest absolute Gasteiger partial charge is 0.240 e. The number of nitrogens with zero attached hydrogens (tertiary/aromatic N) is 4. The van der Waals surface area contributed by atoms with E-state index in [4.69, 9.17) is 17.3 Å². The van der Waals surface area contributed by atoms with Crippen LogP contribution in [-0.2, 0) is 17.8 Å². The van der Waals surface area contributed by atoms with E-state index in [0.717, 1.165) is 59.7 Å². The number of thiophene rings is 1. The van der Waals surface area contributed by atoms with Gasteiger partial charge in [0.05, 0.1) is 15.9 Å². The minimum atomic E-state index is -0.0518. The minimum absolute atomic E-state index is 0.0518. The Balaban J connectivity index is 1.38. The lowest BCUT2D eigenvalue weighted by atomic mass is 10.1. The second-order valence-electron chi connectivity index (χ2n) is 7.64. The van der Waals surface area contributed by atoms with Gasteiger partial charge in [-0.2, -0.15) is 0 Å². The molecule has 1 aromatic carbocycles. The normalized spacial score (nSPS) is 17.7. The first-order chi connectivity index (χ1) is 14.5. The van der Waals surface area contributed by atoms with Crippen molar-refractivity contribution in [2.45, 2.75) is 38.8 Å². The zero-order valence-electron chi connectivity index (χ0n) is 17.1. The van der Waals surface area contributed by atoms with Crippen molar-refractivity contribution in [2.24, 2.45) is 0 Å². The van der Waals surface area contributed by atoms with E-state index in [-0.39, 0.29) is 11.9 Å². The van der Waals surface area contributed by atoms with Crippen LogP contribution >= 0.6 is 22.9 Å². The van der Waals surface area contributed by atoms with Gasteiger partial charge in [0.15, 0.2) is 0 Å². The maximum Gasteiger partial charge on any atom is 0.240 e. The fourth-order valence-corrected chi connectivity index (χ4v) is 5.25. The van der Waals surface area contributed by atoms with Crippen LogP contribution in [0.4, 0.5) is 5.82 Å². The molecule has 0 unspecified atom stereocenters. The van der Waals surface area contributed by atoms with E-state index in [1.165, 1.54) is 11.2 Å². The van der Waals surface area contributed by atoms with Crippen molar-refractivity contribution in [3.05, 3.63) is 51.4 Å². The number of hydrogen-bond acceptors (Lipinski definition) is 6. The van der Waals surface area contributed by atoms with Crippen molar-refractivity contribution in [1.29, 1.82) is 0 Å². The average Bonchev–Trinajstić information content (AvgIpc) is 3.15. The number of benzene rings is 1. The molecule has 2 N–H and O–H groups in total. The molecule has 1 fully saturated rings. The summed E-state index contributed by atoms with van der Waals surface area (Å²) in [7, 11) is 0. The van der Waals surface area contributed by atoms with E-state index in [1.54, 1.807) is 11.3 Å². The standard InChI is InChI=1S/C22H26ClN5OS/c1-2-19-22(29)28(11-10-27(19)9-3-4-16-6-8-20(23)30-16)13-15-5-7-17-18(12-15)25-14-26-21(17)24/h5-8,12,14,19H,2-4,9-11,13H2,1H3,(H2,24,25,26)/t19-/m0/s1. The minimum Gasteiger partial charge on any atom is -0.383 e. The number of carbonyl (C=O) groups is 1. The van der Waals surface area contributed by atoms with E-state index >= 15 is 0 Å². The third kappa shape index (κ3) is 4.58. The van der Waals surface area contributed by atoms with Gasteiger partial charge in [-0.25, -0.2) is 9.97 Å². The number of carbonyl (C=O) groups excluding carboxylic acids is 1. The molecule has 1 aliphatic heterocycles. The van der Waals surface area contributed by atoms with Crippen LogP contribution in [0.1, 0.15) is 30.2 Å². The summed E-state index contributed by atoms with van der Waals surface area (Å²) in [5.41, 5.74) is 7.79. The summed E-state index contributed by atoms with van der Waals surface area (Å²) < 4.78 is 0.836. The highest BCUT2D eigenvalue weighted by Crippen LogP contribution is 2.24. The molecule has 1 saturated heterocycles. The predicted octanol–water partition coefficient (Wildman–Crippen LogP) is 3.98. The number of amides is 1. The lowest BCUT2D eigenvalue weighted by Gasteiger charge is -2.40. The van der Waals surface area contributed by atoms with Crippen LogP contribution < -0.4 is 5.73 Å². The Morgan fingerprint density at radius 1 is 1.23 bits per heavy atom. The van der Waals surface area contributed by atoms with E-state index in [9.17, 15) is 4.79 Å². The first-order valence-corrected chi connectivity index (χ1v) is 11.5. The molecule has 6 nitrogen and oxygen atoms in total. The van der Waals surface area contributed by atoms with Crippen LogP contribution in [0.2, 0.25) is 4.34 Å². The Morgan fingerprint density at radius 2 is 2.10 bits per heavy atom. The van der Waals surface area contributed by atoms with Crippen molar-refractivity contribution >= 4 is 45.6 Å². The fourth-order valence-electron chi connectivity index (χ4n) is 4.12. The third-order valence-electron chi connectivity index (χ3n) is 5.68. The lowest BCUT2D eigenvalue weighted by molar-refractivity contribution is -0.142. The molecule has 0 spiro atoms. The molecule has 2 aromatic heterocycles. The Bertz CT molecular complexity index is 1040. The summed E-state index contributed by atoms with van der Waals surface area (Å²) in [5, 5.41) is 0.843. The molecule has 0 saturated carbocycles. The predicted molar refractivity (Wildman–Crippen MR) is 123 cm³/mol. The van der Waals surface area contributed by atoms with Crippen molar-refractivity contribution in [2.75, 3.05) is 25.4 Å². The highest BCUT2D eigenvalue weighted by atomic mass is 35.5. The van der Waals surface area contributed by atoms with E-state index in [2.05, 4.69) is 27.9 Å². The van der Waals surface area contributed by atoms with Gasteiger partial charge in [0.2, 0.25) is 5.91 Å². The highest BCUT2D eigenvalue weighted by Gasteiger charge is 2.33. The van der Waals surface area contributed by atoms with Crippen molar-refractivity contribution in [3.63, 3.8) is 0 Å². The van der Waals surface area contributed by atoms with Gasteiger partial charge >= 0.3 is 0 Å². The fraction of sp³-hybridized carbons (Fsp3) is 0.409. The van der Waals surface area contributed by atoms with E-state index in [0.29, 0.717) is 12.4 Å². The number of aryl methyl sites for hydroxylation is 1. The molecule has 0 aliphatic carbocycles. The number of hydrogen-bond donors (Lipinski definition) is 1. The molecule has 158 valence electrons. The van der Waals surface area contributed by atoms with Gasteiger partial charge in [-0.05, 0) is 55.6 Å². The van der Waals surface area contributed by atoms with Crippen LogP contribution in [0.5, 0.6) is 0 Å². The number of rotatable bonds is 7. The number of anilines is 1. The van der Waals surface area contributed by atoms with Gasteiger partial charge in [0.25, 0.3) is 0 Å². The molecule has 0 radical (unpaired) electrons. The quantitative estimate of drug-likeness (QED) is 0.597. The molecule has 1 amide bonds. The number of piperazine rings is 1. The second-order valence-corrected chi connectivity index (χ2v) is 9.44. The summed E-state index contributed by atoms with van der Waals surface area (Å²) in [6.07, 6.45) is 4.33. The molecule has 3 heterocycles. The summed E-state index contributed by atoms with van der Waals surface area (Å²) >= 11 is 7.66. The number of nitrogens with two attached hydrogens (primary N) is 1. The Labute approximate surface area is 185 Å². The van der Waals surface area contributed by atoms with Crippen LogP contribution in [0.15, 0.2) is 36.7 Å². The third-order valence-corrected chi connectivity index (χ3v) is 6.97. The van der Waals surface area contributed by atoms with Gasteiger partial charge in [-0.15, -0.1) is 11.3 Å². The molecule has 8 heteroatoms. The second kappa shape index (κ2) is 9.29. The number of fused-ring (bicyclic) bond motifs is 1. The average molecular weight is 444 g/mol. The van der Waals surface area contributed by atoms with Crippen LogP contribution in [-0.4, -0.2) is 51.4 Å². The molecular weight excluding hydrogens is 418 g/mol. The Kier molecular flexibility index (Phi) is 6.51. The highest BCUT2D eigenvalue weighted by molar-refractivity contribution is 7.16. The van der Waals surface area contributed by atoms with Gasteiger partial charge < -0.3 is 10.6 Å². The van der Waals surface area contributed by atoms with Gasteiger partial charge in [0, 0.05) is 29.9 Å². The monoisotopic (exact) mass is 443 g/mol. The number of aromatic nitrogens is 2. The first kappa shape index (κ1) is 21.0. The first-order valence-electron chi connectivity index (χ1n) is 10.3. The lowest BCUT2D eigenvalue weighted by Crippen LogP contribution is -2.56. The van der Waals surface area contributed by atoms with E-state index < -0.39 is 0 Å². The van der Waals surface area contributed by atoms with Crippen molar-refractivity contribution in [1.82, 2.24) is 19.8 Å². The van der Waals surface area contributed by atoms with Gasteiger partial charge in [-0.3, -0.25) is 9.69 Å². The zero-order chi connectivity index (χ0) is 21.1. The van der Waals surface area contributed by atoms with Crippen molar-refractivity contribution in [3.8, 4) is 0 Å². The largest absolute Gasteiger partial charge is 0.383 e. The molecule has 1 atom stereocenters. The number of nitrogen functional groups attached to an aromatic ring is 1. The molecular formula is C22H26ClN5OS. The van der Waals surface area contributed by atoms with E-state index in [1.807, 2.05) is 29.2 Å².